The van der Waals surface area contributed by atoms with Crippen molar-refractivity contribution in [2.75, 3.05) is 7.05 Å². The molecule has 0 aliphatic heterocycles. The minimum Gasteiger partial charge on any atom is -0.337 e. The third-order valence-electron chi connectivity index (χ3n) is 3.56. The Morgan fingerprint density at radius 2 is 1.91 bits per heavy atom. The van der Waals surface area contributed by atoms with Crippen LogP contribution >= 0.6 is 23.2 Å². The first-order chi connectivity index (χ1) is 11.0. The van der Waals surface area contributed by atoms with E-state index in [4.69, 9.17) is 23.2 Å². The van der Waals surface area contributed by atoms with Crippen molar-refractivity contribution < 1.29 is 4.79 Å². The van der Waals surface area contributed by atoms with Crippen molar-refractivity contribution >= 4 is 40.0 Å². The van der Waals surface area contributed by atoms with Gasteiger partial charge in [0.2, 0.25) is 0 Å². The third kappa shape index (κ3) is 3.63. The normalized spacial score (nSPS) is 10.7. The van der Waals surface area contributed by atoms with Crippen LogP contribution < -0.4 is 0 Å². The molecule has 0 saturated carbocycles. The standard InChI is InChI=1S/C18H14Cl2N2O/c1-22(11-12-3-2-4-15(19)9-12)18(23)14-5-7-16-13(10-14)6-8-17(20)21-16/h2-10H,11H2,1H3. The fraction of sp³-hybridized carbons (Fsp3) is 0.111. The van der Waals surface area contributed by atoms with Crippen LogP contribution in [0.1, 0.15) is 15.9 Å². The fourth-order valence-electron chi connectivity index (χ4n) is 2.44. The number of carbonyl (C=O) groups excluding carboxylic acids is 1. The number of rotatable bonds is 3. The van der Waals surface area contributed by atoms with Crippen LogP contribution in [-0.4, -0.2) is 22.8 Å². The summed E-state index contributed by atoms with van der Waals surface area (Å²) in [6.45, 7) is 0.496. The van der Waals surface area contributed by atoms with Crippen LogP contribution in [0.4, 0.5) is 0 Å². The van der Waals surface area contributed by atoms with E-state index < -0.39 is 0 Å². The molecule has 3 nitrogen and oxygen atoms in total. The van der Waals surface area contributed by atoms with E-state index in [1.165, 1.54) is 0 Å². The molecule has 5 heteroatoms. The molecule has 0 N–H and O–H groups in total. The summed E-state index contributed by atoms with van der Waals surface area (Å²) >= 11 is 11.9. The van der Waals surface area contributed by atoms with Crippen LogP contribution in [0.2, 0.25) is 10.2 Å². The summed E-state index contributed by atoms with van der Waals surface area (Å²) in [6, 6.07) is 16.5. The average molecular weight is 345 g/mol. The van der Waals surface area contributed by atoms with Gasteiger partial charge in [-0.15, -0.1) is 0 Å². The molecule has 0 bridgehead atoms. The lowest BCUT2D eigenvalue weighted by molar-refractivity contribution is 0.0785. The molecule has 2 aromatic carbocycles. The molecule has 0 aliphatic carbocycles. The van der Waals surface area contributed by atoms with E-state index in [2.05, 4.69) is 4.98 Å². The van der Waals surface area contributed by atoms with Gasteiger partial charge in [0, 0.05) is 29.6 Å². The third-order valence-corrected chi connectivity index (χ3v) is 4.00. The molecular weight excluding hydrogens is 331 g/mol. The smallest absolute Gasteiger partial charge is 0.253 e. The highest BCUT2D eigenvalue weighted by atomic mass is 35.5. The maximum absolute atomic E-state index is 12.6. The van der Waals surface area contributed by atoms with Gasteiger partial charge in [0.25, 0.3) is 5.91 Å². The first kappa shape index (κ1) is 15.8. The highest BCUT2D eigenvalue weighted by Crippen LogP contribution is 2.19. The zero-order valence-corrected chi connectivity index (χ0v) is 14.0. The minimum atomic E-state index is -0.0539. The predicted molar refractivity (Wildman–Crippen MR) is 94.0 cm³/mol. The molecule has 0 atom stereocenters. The van der Waals surface area contributed by atoms with Gasteiger partial charge < -0.3 is 4.90 Å². The Labute approximate surface area is 144 Å². The summed E-state index contributed by atoms with van der Waals surface area (Å²) in [5, 5.41) is 1.99. The lowest BCUT2D eigenvalue weighted by Crippen LogP contribution is -2.26. The number of aromatic nitrogens is 1. The average Bonchev–Trinajstić information content (AvgIpc) is 2.53. The predicted octanol–water partition coefficient (Wildman–Crippen LogP) is 4.81. The van der Waals surface area contributed by atoms with E-state index in [1.54, 1.807) is 24.1 Å². The lowest BCUT2D eigenvalue weighted by atomic mass is 10.1. The van der Waals surface area contributed by atoms with Crippen LogP contribution in [0.15, 0.2) is 54.6 Å². The van der Waals surface area contributed by atoms with Crippen molar-refractivity contribution in [1.82, 2.24) is 9.88 Å². The van der Waals surface area contributed by atoms with Crippen LogP contribution in [0, 0.1) is 0 Å². The molecule has 3 rings (SSSR count). The molecule has 1 amide bonds. The van der Waals surface area contributed by atoms with Gasteiger partial charge in [-0.1, -0.05) is 35.3 Å². The molecule has 1 aromatic heterocycles. The van der Waals surface area contributed by atoms with E-state index in [9.17, 15) is 4.79 Å². The van der Waals surface area contributed by atoms with Crippen LogP contribution in [0.3, 0.4) is 0 Å². The van der Waals surface area contributed by atoms with Gasteiger partial charge >= 0.3 is 0 Å². The molecule has 116 valence electrons. The van der Waals surface area contributed by atoms with Gasteiger partial charge in [-0.05, 0) is 48.0 Å². The van der Waals surface area contributed by atoms with E-state index in [-0.39, 0.29) is 5.91 Å². The maximum Gasteiger partial charge on any atom is 0.253 e. The van der Waals surface area contributed by atoms with E-state index in [0.29, 0.717) is 22.3 Å². The number of amides is 1. The Hall–Kier alpha value is -2.10. The Kier molecular flexibility index (Phi) is 4.51. The van der Waals surface area contributed by atoms with Crippen LogP contribution in [-0.2, 0) is 6.54 Å². The quantitative estimate of drug-likeness (QED) is 0.638. The minimum absolute atomic E-state index is 0.0539. The molecule has 1 heterocycles. The van der Waals surface area contributed by atoms with Crippen molar-refractivity contribution in [1.29, 1.82) is 0 Å². The molecule has 0 saturated heterocycles. The highest BCUT2D eigenvalue weighted by Gasteiger charge is 2.13. The van der Waals surface area contributed by atoms with Crippen LogP contribution in [0.25, 0.3) is 10.9 Å². The first-order valence-corrected chi connectivity index (χ1v) is 7.85. The largest absolute Gasteiger partial charge is 0.337 e. The lowest BCUT2D eigenvalue weighted by Gasteiger charge is -2.17. The number of nitrogens with zero attached hydrogens (tertiary/aromatic N) is 2. The Morgan fingerprint density at radius 3 is 2.70 bits per heavy atom. The zero-order chi connectivity index (χ0) is 16.4. The van der Waals surface area contributed by atoms with Crippen molar-refractivity contribution in [2.45, 2.75) is 6.54 Å². The molecule has 23 heavy (non-hydrogen) atoms. The van der Waals surface area contributed by atoms with Gasteiger partial charge in [-0.2, -0.15) is 0 Å². The molecule has 0 unspecified atom stereocenters. The number of halogens is 2. The van der Waals surface area contributed by atoms with Gasteiger partial charge in [0.1, 0.15) is 5.15 Å². The SMILES string of the molecule is CN(Cc1cccc(Cl)c1)C(=O)c1ccc2nc(Cl)ccc2c1. The number of pyridine rings is 1. The van der Waals surface area contributed by atoms with E-state index >= 15 is 0 Å². The first-order valence-electron chi connectivity index (χ1n) is 7.09. The maximum atomic E-state index is 12.6. The Balaban J connectivity index is 1.83. The van der Waals surface area contributed by atoms with Gasteiger partial charge in [-0.25, -0.2) is 4.98 Å². The van der Waals surface area contributed by atoms with Crippen LogP contribution in [0.5, 0.6) is 0 Å². The summed E-state index contributed by atoms with van der Waals surface area (Å²) in [4.78, 5) is 18.5. The Bertz CT molecular complexity index is 880. The summed E-state index contributed by atoms with van der Waals surface area (Å²) < 4.78 is 0. The summed E-state index contributed by atoms with van der Waals surface area (Å²) in [5.74, 6) is -0.0539. The molecule has 3 aromatic rings. The molecule has 0 fully saturated rings. The van der Waals surface area contributed by atoms with E-state index in [0.717, 1.165) is 16.5 Å². The number of hydrogen-bond donors (Lipinski definition) is 0. The van der Waals surface area contributed by atoms with Gasteiger partial charge in [0.05, 0.1) is 5.52 Å². The van der Waals surface area contributed by atoms with E-state index in [1.807, 2.05) is 42.5 Å². The molecule has 0 spiro atoms. The zero-order valence-electron chi connectivity index (χ0n) is 12.5. The second-order valence-electron chi connectivity index (χ2n) is 5.33. The number of fused-ring (bicyclic) bond motifs is 1. The fourth-order valence-corrected chi connectivity index (χ4v) is 2.80. The van der Waals surface area contributed by atoms with Gasteiger partial charge in [0.15, 0.2) is 0 Å². The summed E-state index contributed by atoms with van der Waals surface area (Å²) in [6.07, 6.45) is 0. The highest BCUT2D eigenvalue weighted by molar-refractivity contribution is 6.30. The summed E-state index contributed by atoms with van der Waals surface area (Å²) in [5.41, 5.74) is 2.38. The molecule has 0 radical (unpaired) electrons. The van der Waals surface area contributed by atoms with Gasteiger partial charge in [-0.3, -0.25) is 4.79 Å². The van der Waals surface area contributed by atoms with Crippen molar-refractivity contribution in [3.05, 3.63) is 75.9 Å². The molecular formula is C18H14Cl2N2O. The van der Waals surface area contributed by atoms with Crippen molar-refractivity contribution in [3.63, 3.8) is 0 Å². The Morgan fingerprint density at radius 1 is 1.09 bits per heavy atom. The second kappa shape index (κ2) is 6.57. The molecule has 0 aliphatic rings. The number of hydrogen-bond acceptors (Lipinski definition) is 2. The number of carbonyl (C=O) groups is 1. The monoisotopic (exact) mass is 344 g/mol. The number of benzene rings is 2. The second-order valence-corrected chi connectivity index (χ2v) is 6.16. The van der Waals surface area contributed by atoms with Crippen molar-refractivity contribution in [2.24, 2.45) is 0 Å². The van der Waals surface area contributed by atoms with Crippen molar-refractivity contribution in [3.8, 4) is 0 Å². The summed E-state index contributed by atoms with van der Waals surface area (Å²) in [7, 11) is 1.77. The topological polar surface area (TPSA) is 33.2 Å².